The molecular formula is C24H21ClFN7O. The first kappa shape index (κ1) is 21.0. The van der Waals surface area contributed by atoms with E-state index in [9.17, 15) is 9.18 Å². The minimum Gasteiger partial charge on any atom is -0.383 e. The molecule has 0 saturated heterocycles. The van der Waals surface area contributed by atoms with Crippen molar-refractivity contribution in [3.8, 4) is 11.5 Å². The average molecular weight is 478 g/mol. The number of imidazole rings is 1. The van der Waals surface area contributed by atoms with Crippen molar-refractivity contribution in [3.63, 3.8) is 0 Å². The van der Waals surface area contributed by atoms with E-state index in [1.807, 2.05) is 10.6 Å². The van der Waals surface area contributed by atoms with Crippen LogP contribution in [-0.2, 0) is 16.6 Å². The number of carbonyl (C=O) groups is 1. The van der Waals surface area contributed by atoms with Crippen LogP contribution in [-0.4, -0.2) is 30.2 Å². The van der Waals surface area contributed by atoms with Crippen molar-refractivity contribution >= 4 is 34.8 Å². The Balaban J connectivity index is 1.46. The van der Waals surface area contributed by atoms with E-state index < -0.39 is 11.2 Å². The number of hydrogen-bond acceptors (Lipinski definition) is 6. The van der Waals surface area contributed by atoms with Crippen LogP contribution in [0.2, 0.25) is 5.02 Å². The fourth-order valence-corrected chi connectivity index (χ4v) is 4.93. The van der Waals surface area contributed by atoms with E-state index in [2.05, 4.69) is 20.3 Å². The molecule has 2 aliphatic rings. The predicted octanol–water partition coefficient (Wildman–Crippen LogP) is 4.16. The summed E-state index contributed by atoms with van der Waals surface area (Å²) in [5.74, 6) is 0.339. The number of benzene rings is 1. The van der Waals surface area contributed by atoms with Crippen molar-refractivity contribution in [1.82, 2.24) is 24.3 Å². The molecule has 0 radical (unpaired) electrons. The summed E-state index contributed by atoms with van der Waals surface area (Å²) in [4.78, 5) is 31.5. The second-order valence-electron chi connectivity index (χ2n) is 9.10. The number of nitrogens with zero attached hydrogens (tertiary/aromatic N) is 5. The first-order valence-corrected chi connectivity index (χ1v) is 11.5. The van der Waals surface area contributed by atoms with Gasteiger partial charge in [0.1, 0.15) is 28.6 Å². The molecule has 4 heterocycles. The van der Waals surface area contributed by atoms with Gasteiger partial charge in [-0.2, -0.15) is 0 Å². The van der Waals surface area contributed by atoms with E-state index in [4.69, 9.17) is 22.3 Å². The molecule has 34 heavy (non-hydrogen) atoms. The summed E-state index contributed by atoms with van der Waals surface area (Å²) >= 11 is 5.84. The van der Waals surface area contributed by atoms with Crippen molar-refractivity contribution < 1.29 is 9.18 Å². The Bertz CT molecular complexity index is 1480. The molecule has 1 aliphatic heterocycles. The highest BCUT2D eigenvalue weighted by Crippen LogP contribution is 2.45. The van der Waals surface area contributed by atoms with Gasteiger partial charge in [0.2, 0.25) is 5.91 Å². The van der Waals surface area contributed by atoms with Gasteiger partial charge < -0.3 is 15.5 Å². The van der Waals surface area contributed by atoms with Gasteiger partial charge >= 0.3 is 0 Å². The Morgan fingerprint density at radius 2 is 2.12 bits per heavy atom. The molecule has 1 unspecified atom stereocenters. The third-order valence-corrected chi connectivity index (χ3v) is 7.31. The summed E-state index contributed by atoms with van der Waals surface area (Å²) in [5, 5.41) is 2.77. The second-order valence-corrected chi connectivity index (χ2v) is 9.50. The van der Waals surface area contributed by atoms with Crippen LogP contribution in [0.25, 0.3) is 17.2 Å². The zero-order valence-corrected chi connectivity index (χ0v) is 19.1. The first-order valence-electron chi connectivity index (χ1n) is 11.1. The minimum absolute atomic E-state index is 0.0239. The monoisotopic (exact) mass is 477 g/mol. The maximum Gasteiger partial charge on any atom is 0.240 e. The summed E-state index contributed by atoms with van der Waals surface area (Å²) in [7, 11) is 0. The number of nitrogen functional groups attached to an aromatic ring is 1. The molecule has 1 amide bonds. The molecule has 8 nitrogen and oxygen atoms in total. The van der Waals surface area contributed by atoms with E-state index in [1.165, 1.54) is 31.4 Å². The number of amides is 1. The van der Waals surface area contributed by atoms with Crippen LogP contribution in [0.15, 0.2) is 36.8 Å². The van der Waals surface area contributed by atoms with Gasteiger partial charge in [0.05, 0.1) is 16.3 Å². The summed E-state index contributed by atoms with van der Waals surface area (Å²) in [5.41, 5.74) is 8.18. The maximum atomic E-state index is 14.2. The molecule has 0 bridgehead atoms. The molecular weight excluding hydrogens is 457 g/mol. The van der Waals surface area contributed by atoms with Crippen LogP contribution in [0.5, 0.6) is 0 Å². The number of halogens is 2. The Morgan fingerprint density at radius 1 is 1.29 bits per heavy atom. The van der Waals surface area contributed by atoms with Crippen molar-refractivity contribution in [3.05, 3.63) is 64.5 Å². The van der Waals surface area contributed by atoms with Gasteiger partial charge in [-0.25, -0.2) is 24.3 Å². The van der Waals surface area contributed by atoms with Crippen molar-refractivity contribution in [1.29, 1.82) is 0 Å². The molecule has 0 spiro atoms. The molecule has 6 rings (SSSR count). The maximum absolute atomic E-state index is 14.2. The summed E-state index contributed by atoms with van der Waals surface area (Å²) in [6, 6.07) is 4.27. The number of hydrogen-bond donors (Lipinski definition) is 2. The van der Waals surface area contributed by atoms with Gasteiger partial charge in [-0.15, -0.1) is 0 Å². The molecule has 4 aromatic rings. The van der Waals surface area contributed by atoms with Crippen LogP contribution in [0.3, 0.4) is 0 Å². The van der Waals surface area contributed by atoms with Gasteiger partial charge in [0.15, 0.2) is 11.5 Å². The zero-order valence-electron chi connectivity index (χ0n) is 18.3. The number of rotatable bonds is 4. The molecule has 3 N–H and O–H groups in total. The first-order chi connectivity index (χ1) is 16.3. The zero-order chi connectivity index (χ0) is 23.6. The number of fused-ring (bicyclic) bond motifs is 2. The van der Waals surface area contributed by atoms with E-state index in [1.54, 1.807) is 25.4 Å². The molecule has 1 aromatic carbocycles. The van der Waals surface area contributed by atoms with Crippen molar-refractivity contribution in [2.45, 2.75) is 38.0 Å². The molecule has 1 atom stereocenters. The standard InChI is InChI=1S/C24H21ClFN7O/c1-24(13-5-6-14(25)15(26)10-13)18-19(27)30-20(31-21(18)32-23(24)34)17-11-33-8-7-28-22(33)16(29-17)9-12-3-2-4-12/h5-8,10-12H,2-4,9H2,1H3,(H3,27,30,31,32,34). The van der Waals surface area contributed by atoms with Crippen LogP contribution in [0, 0.1) is 11.7 Å². The second kappa shape index (κ2) is 7.46. The van der Waals surface area contributed by atoms with Crippen LogP contribution in [0.4, 0.5) is 16.0 Å². The third-order valence-electron chi connectivity index (χ3n) is 7.00. The van der Waals surface area contributed by atoms with E-state index in [-0.39, 0.29) is 16.7 Å². The highest BCUT2D eigenvalue weighted by Gasteiger charge is 2.47. The topological polar surface area (TPSA) is 111 Å². The quantitative estimate of drug-likeness (QED) is 0.456. The summed E-state index contributed by atoms with van der Waals surface area (Å²) in [6.45, 7) is 1.67. The van der Waals surface area contributed by atoms with Gasteiger partial charge in [0.25, 0.3) is 0 Å². The van der Waals surface area contributed by atoms with Gasteiger partial charge in [-0.3, -0.25) is 4.79 Å². The van der Waals surface area contributed by atoms with Crippen LogP contribution < -0.4 is 11.1 Å². The molecule has 3 aromatic heterocycles. The SMILES string of the molecule is CC1(c2ccc(Cl)c(F)c2)C(=O)Nc2nc(-c3cn4ccnc4c(CC4CCC4)n3)nc(N)c21. The van der Waals surface area contributed by atoms with Crippen molar-refractivity contribution in [2.75, 3.05) is 11.1 Å². The highest BCUT2D eigenvalue weighted by molar-refractivity contribution is 6.30. The summed E-state index contributed by atoms with van der Waals surface area (Å²) in [6.07, 6.45) is 9.86. The Hall–Kier alpha value is -3.59. The molecule has 10 heteroatoms. The van der Waals surface area contributed by atoms with E-state index in [0.29, 0.717) is 34.4 Å². The molecule has 172 valence electrons. The number of anilines is 2. The summed E-state index contributed by atoms with van der Waals surface area (Å²) < 4.78 is 16.1. The largest absolute Gasteiger partial charge is 0.383 e. The molecule has 1 aliphatic carbocycles. The fraction of sp³-hybridized carbons (Fsp3) is 0.292. The highest BCUT2D eigenvalue weighted by atomic mass is 35.5. The van der Waals surface area contributed by atoms with Crippen LogP contribution >= 0.6 is 11.6 Å². The van der Waals surface area contributed by atoms with E-state index in [0.717, 1.165) is 17.8 Å². The number of aromatic nitrogens is 5. The molecule has 1 saturated carbocycles. The van der Waals surface area contributed by atoms with Crippen molar-refractivity contribution in [2.24, 2.45) is 5.92 Å². The predicted molar refractivity (Wildman–Crippen MR) is 126 cm³/mol. The fourth-order valence-electron chi connectivity index (χ4n) is 4.82. The Morgan fingerprint density at radius 3 is 2.85 bits per heavy atom. The van der Waals surface area contributed by atoms with Gasteiger partial charge in [-0.05, 0) is 37.0 Å². The lowest BCUT2D eigenvalue weighted by molar-refractivity contribution is -0.119. The van der Waals surface area contributed by atoms with Gasteiger partial charge in [-0.1, -0.05) is 36.9 Å². The smallest absolute Gasteiger partial charge is 0.240 e. The Labute approximate surface area is 199 Å². The Kier molecular flexibility index (Phi) is 4.60. The lowest BCUT2D eigenvalue weighted by atomic mass is 9.77. The van der Waals surface area contributed by atoms with Gasteiger partial charge in [0, 0.05) is 18.6 Å². The van der Waals surface area contributed by atoms with E-state index >= 15 is 0 Å². The minimum atomic E-state index is -1.26. The number of nitrogens with two attached hydrogens (primary N) is 1. The molecule has 1 fully saturated rings. The third kappa shape index (κ3) is 3.07. The lowest BCUT2D eigenvalue weighted by Gasteiger charge is -2.25. The van der Waals surface area contributed by atoms with Crippen LogP contribution in [0.1, 0.15) is 43.0 Å². The average Bonchev–Trinajstić information content (AvgIpc) is 3.35. The lowest BCUT2D eigenvalue weighted by Crippen LogP contribution is -2.33. The number of nitrogens with one attached hydrogen (secondary N) is 1. The number of carbonyl (C=O) groups excluding carboxylic acids is 1. The normalized spacial score (nSPS) is 19.8.